The largest absolute Gasteiger partial charge is 0.333 e. The molecule has 33 heavy (non-hydrogen) atoms. The number of hydrogen-bond acceptors (Lipinski definition) is 7. The lowest BCUT2D eigenvalue weighted by atomic mass is 9.93. The van der Waals surface area contributed by atoms with Gasteiger partial charge in [-0.3, -0.25) is 25.2 Å². The smallest absolute Gasteiger partial charge is 0.295 e. The number of nitrogens with one attached hydrogen (secondary N) is 2. The third-order valence-corrected chi connectivity index (χ3v) is 5.07. The van der Waals surface area contributed by atoms with Gasteiger partial charge in [0.2, 0.25) is 12.3 Å². The number of hydrazine groups is 1. The van der Waals surface area contributed by atoms with E-state index in [0.717, 1.165) is 9.15 Å². The molecule has 0 saturated carbocycles. The third-order valence-electron chi connectivity index (χ3n) is 4.54. The van der Waals surface area contributed by atoms with E-state index in [4.69, 9.17) is 5.84 Å². The highest BCUT2D eigenvalue weighted by Gasteiger charge is 2.23. The number of carbonyl (C=O) groups excluding carboxylic acids is 2. The van der Waals surface area contributed by atoms with Crippen LogP contribution < -0.4 is 26.8 Å². The van der Waals surface area contributed by atoms with Crippen molar-refractivity contribution in [2.24, 2.45) is 0 Å². The van der Waals surface area contributed by atoms with Crippen LogP contribution in [0.15, 0.2) is 58.1 Å². The van der Waals surface area contributed by atoms with Crippen molar-refractivity contribution in [1.29, 1.82) is 0 Å². The van der Waals surface area contributed by atoms with Crippen molar-refractivity contribution in [2.45, 2.75) is 32.7 Å². The summed E-state index contributed by atoms with van der Waals surface area (Å²) in [6, 6.07) is 10.2. The zero-order valence-electron chi connectivity index (χ0n) is 18.2. The Morgan fingerprint density at radius 3 is 2.24 bits per heavy atom. The van der Waals surface area contributed by atoms with E-state index >= 15 is 0 Å². The molecule has 4 N–H and O–H groups in total. The van der Waals surface area contributed by atoms with Gasteiger partial charge in [0.15, 0.2) is 12.4 Å². The fourth-order valence-corrected chi connectivity index (χ4v) is 3.01. The number of nitrogens with two attached hydrogens (primary N) is 1. The van der Waals surface area contributed by atoms with Gasteiger partial charge in [-0.05, 0) is 12.1 Å². The molecule has 174 valence electrons. The lowest BCUT2D eigenvalue weighted by Gasteiger charge is -2.17. The van der Waals surface area contributed by atoms with Crippen molar-refractivity contribution in [3.8, 4) is 0 Å². The molecular weight excluding hydrogens is 558 g/mol. The van der Waals surface area contributed by atoms with Gasteiger partial charge in [-0.1, -0.05) is 48.8 Å². The molecule has 10 nitrogen and oxygen atoms in total. The van der Waals surface area contributed by atoms with Gasteiger partial charge in [0.25, 0.3) is 17.4 Å². The summed E-state index contributed by atoms with van der Waals surface area (Å²) in [5.41, 5.74) is 5.02. The Bertz CT molecular complexity index is 1200. The summed E-state index contributed by atoms with van der Waals surface area (Å²) in [5.74, 6) is 5.13. The zero-order chi connectivity index (χ0) is 23.5. The number of anilines is 1. The summed E-state index contributed by atoms with van der Waals surface area (Å²) in [4.78, 5) is 37.1. The van der Waals surface area contributed by atoms with E-state index in [2.05, 4.69) is 37.0 Å². The van der Waals surface area contributed by atoms with Gasteiger partial charge in [-0.2, -0.15) is 9.24 Å². The number of Topliss-reactive ketones (excluding diaryl/α,β-unsaturated/α-hetero) is 1. The van der Waals surface area contributed by atoms with Gasteiger partial charge in [0.05, 0.1) is 5.56 Å². The highest BCUT2D eigenvalue weighted by molar-refractivity contribution is 9.10. The van der Waals surface area contributed by atoms with Crippen LogP contribution in [0.2, 0.25) is 0 Å². The van der Waals surface area contributed by atoms with Gasteiger partial charge < -0.3 is 5.84 Å². The van der Waals surface area contributed by atoms with Crippen molar-refractivity contribution in [3.63, 3.8) is 0 Å². The van der Waals surface area contributed by atoms with E-state index in [1.165, 1.54) is 0 Å². The Kier molecular flexibility index (Phi) is 8.45. The summed E-state index contributed by atoms with van der Waals surface area (Å²) >= 11 is 3.34. The monoisotopic (exact) mass is 580 g/mol. The molecule has 12 heteroatoms. The lowest BCUT2D eigenvalue weighted by molar-refractivity contribution is -0.683. The van der Waals surface area contributed by atoms with Crippen molar-refractivity contribution < 1.29 is 14.2 Å². The number of ketones is 1. The van der Waals surface area contributed by atoms with Gasteiger partial charge in [0, 0.05) is 27.6 Å². The maximum Gasteiger partial charge on any atom is 0.295 e. The number of nitrogen functional groups attached to an aromatic ring is 1. The Morgan fingerprint density at radius 2 is 1.67 bits per heavy atom. The van der Waals surface area contributed by atoms with Crippen LogP contribution in [0.5, 0.6) is 0 Å². The molecule has 0 atom stereocenters. The van der Waals surface area contributed by atoms with Crippen LogP contribution in [0.1, 0.15) is 47.2 Å². The second-order valence-corrected chi connectivity index (χ2v) is 8.98. The second kappa shape index (κ2) is 10.7. The number of benzene rings is 1. The standard InChI is InChI=1S/C21H22BrN7O3.BrH/c1-21(2,3)17-19(32)29(23)20(26-24-17)27-25-18(31)14-8-10-28(11-9-14)12-16(30)13-4-6-15(22)7-5-13;/h4-11,31H,12,23H2,1-3H3;1H/p+1. The molecule has 1 aromatic carbocycles. The third kappa shape index (κ3) is 6.45. The van der Waals surface area contributed by atoms with Crippen LogP contribution in [-0.2, 0) is 12.0 Å². The molecule has 0 fully saturated rings. The Labute approximate surface area is 209 Å². The van der Waals surface area contributed by atoms with Gasteiger partial charge in [0.1, 0.15) is 5.69 Å². The van der Waals surface area contributed by atoms with Crippen LogP contribution in [0.3, 0.4) is 0 Å². The maximum absolute atomic E-state index is 12.4. The van der Waals surface area contributed by atoms with Crippen molar-refractivity contribution in [3.05, 3.63) is 80.4 Å². The average molecular weight is 582 g/mol. The first-order chi connectivity index (χ1) is 15.1. The number of halogens is 2. The molecule has 0 radical (unpaired) electrons. The van der Waals surface area contributed by atoms with Crippen molar-refractivity contribution in [1.82, 2.24) is 20.3 Å². The first-order valence-corrected chi connectivity index (χ1v) is 10.4. The molecule has 0 aliphatic heterocycles. The molecule has 0 aliphatic rings. The Balaban J connectivity index is 0.00000385. The van der Waals surface area contributed by atoms with Crippen LogP contribution in [0.25, 0.3) is 0 Å². The molecule has 2 aromatic heterocycles. The molecular formula is C21H24Br2N7O3+. The fraction of sp³-hybridized carbons (Fsp3) is 0.238. The maximum atomic E-state index is 12.4. The molecule has 3 rings (SSSR count). The van der Waals surface area contributed by atoms with Crippen molar-refractivity contribution >= 4 is 50.6 Å². The zero-order valence-corrected chi connectivity index (χ0v) is 21.5. The molecule has 2 heterocycles. The Morgan fingerprint density at radius 1 is 1.06 bits per heavy atom. The van der Waals surface area contributed by atoms with Crippen LogP contribution in [-0.4, -0.2) is 26.6 Å². The van der Waals surface area contributed by atoms with Crippen LogP contribution in [0, 0.1) is 0 Å². The van der Waals surface area contributed by atoms with E-state index < -0.39 is 16.9 Å². The SMILES string of the molecule is Br.CC(C)(C)c1nnc(NNC(=O)c2cc[n+](CC(=O)c3ccc(Br)cc3)cc2)n(N)c1=O. The molecule has 0 spiro atoms. The number of pyridine rings is 1. The molecule has 3 aromatic rings. The predicted molar refractivity (Wildman–Crippen MR) is 132 cm³/mol. The van der Waals surface area contributed by atoms with E-state index in [1.807, 2.05) is 20.8 Å². The highest BCUT2D eigenvalue weighted by Crippen LogP contribution is 2.15. The summed E-state index contributed by atoms with van der Waals surface area (Å²) in [6.45, 7) is 5.60. The molecule has 0 saturated heterocycles. The van der Waals surface area contributed by atoms with Gasteiger partial charge in [-0.15, -0.1) is 27.2 Å². The number of aromatic nitrogens is 4. The highest BCUT2D eigenvalue weighted by atomic mass is 79.9. The van der Waals surface area contributed by atoms with Crippen LogP contribution >= 0.6 is 32.9 Å². The van der Waals surface area contributed by atoms with Crippen LogP contribution in [0.4, 0.5) is 5.95 Å². The normalized spacial score (nSPS) is 10.8. The van der Waals surface area contributed by atoms with Gasteiger partial charge in [-0.25, -0.2) is 0 Å². The van der Waals surface area contributed by atoms with E-state index in [0.29, 0.717) is 11.1 Å². The molecule has 1 amide bonds. The average Bonchev–Trinajstić information content (AvgIpc) is 2.74. The predicted octanol–water partition coefficient (Wildman–Crippen LogP) is 1.92. The number of amides is 1. The van der Waals surface area contributed by atoms with E-state index in [-0.39, 0.29) is 41.0 Å². The number of hydrogen-bond donors (Lipinski definition) is 3. The quantitative estimate of drug-likeness (QED) is 0.175. The fourth-order valence-electron chi connectivity index (χ4n) is 2.75. The number of carbonyl (C=O) groups is 2. The molecule has 0 aliphatic carbocycles. The number of rotatable bonds is 6. The number of nitrogens with zero attached hydrogens (tertiary/aromatic N) is 4. The first-order valence-electron chi connectivity index (χ1n) is 9.66. The van der Waals surface area contributed by atoms with Crippen molar-refractivity contribution in [2.75, 3.05) is 11.3 Å². The lowest BCUT2D eigenvalue weighted by Crippen LogP contribution is -2.41. The summed E-state index contributed by atoms with van der Waals surface area (Å²) in [6.07, 6.45) is 3.25. The second-order valence-electron chi connectivity index (χ2n) is 8.07. The minimum Gasteiger partial charge on any atom is -0.333 e. The molecule has 0 bridgehead atoms. The van der Waals surface area contributed by atoms with Gasteiger partial charge >= 0.3 is 0 Å². The van der Waals surface area contributed by atoms with E-state index in [1.54, 1.807) is 53.4 Å². The summed E-state index contributed by atoms with van der Waals surface area (Å²) in [7, 11) is 0. The first kappa shape index (κ1) is 26.1. The topological polar surface area (TPSA) is 136 Å². The minimum atomic E-state index is -0.523. The van der Waals surface area contributed by atoms with E-state index in [9.17, 15) is 14.4 Å². The molecule has 0 unspecified atom stereocenters. The Hall–Kier alpha value is -3.12. The summed E-state index contributed by atoms with van der Waals surface area (Å²) < 4.78 is 3.36. The summed E-state index contributed by atoms with van der Waals surface area (Å²) in [5, 5.41) is 7.78. The minimum absolute atomic E-state index is 0.